The molecule has 2 rings (SSSR count). The largest absolute Gasteiger partial charge is 0.376 e. The summed E-state index contributed by atoms with van der Waals surface area (Å²) in [7, 11) is -3.80. The second-order valence-corrected chi connectivity index (χ2v) is 6.17. The van der Waals surface area contributed by atoms with Crippen LogP contribution >= 0.6 is 0 Å². The van der Waals surface area contributed by atoms with Gasteiger partial charge in [0.1, 0.15) is 11.6 Å². The molecule has 0 spiro atoms. The first-order chi connectivity index (χ1) is 9.77. The van der Waals surface area contributed by atoms with Crippen LogP contribution in [0.2, 0.25) is 0 Å². The molecular formula is C14H14F2N2O2S. The number of nitrogens with two attached hydrogens (primary N) is 1. The Labute approximate surface area is 121 Å². The fourth-order valence-electron chi connectivity index (χ4n) is 1.88. The maximum absolute atomic E-state index is 13.6. The fourth-order valence-corrected chi connectivity index (χ4v) is 2.45. The van der Waals surface area contributed by atoms with Crippen molar-refractivity contribution in [2.45, 2.75) is 17.9 Å². The molecule has 7 heteroatoms. The van der Waals surface area contributed by atoms with E-state index in [1.807, 2.05) is 0 Å². The number of anilines is 1. The van der Waals surface area contributed by atoms with Crippen molar-refractivity contribution in [3.05, 3.63) is 59.7 Å². The highest BCUT2D eigenvalue weighted by Gasteiger charge is 2.13. The zero-order chi connectivity index (χ0) is 15.6. The summed E-state index contributed by atoms with van der Waals surface area (Å²) < 4.78 is 49.0. The second kappa shape index (κ2) is 5.79. The van der Waals surface area contributed by atoms with Crippen LogP contribution in [-0.2, 0) is 10.0 Å². The lowest BCUT2D eigenvalue weighted by atomic mass is 10.1. The van der Waals surface area contributed by atoms with Crippen LogP contribution < -0.4 is 10.5 Å². The lowest BCUT2D eigenvalue weighted by Crippen LogP contribution is -2.14. The second-order valence-electron chi connectivity index (χ2n) is 4.61. The summed E-state index contributed by atoms with van der Waals surface area (Å²) in [5.74, 6) is -1.38. The fraction of sp³-hybridized carbons (Fsp3) is 0.143. The van der Waals surface area contributed by atoms with E-state index in [1.165, 1.54) is 18.2 Å². The molecule has 0 aliphatic rings. The van der Waals surface area contributed by atoms with E-state index >= 15 is 0 Å². The summed E-state index contributed by atoms with van der Waals surface area (Å²) in [6.45, 7) is 1.73. The molecule has 21 heavy (non-hydrogen) atoms. The van der Waals surface area contributed by atoms with Gasteiger partial charge in [0.15, 0.2) is 0 Å². The Morgan fingerprint density at radius 1 is 1.14 bits per heavy atom. The molecule has 0 heterocycles. The van der Waals surface area contributed by atoms with E-state index in [4.69, 9.17) is 5.14 Å². The van der Waals surface area contributed by atoms with Crippen LogP contribution in [-0.4, -0.2) is 8.42 Å². The van der Waals surface area contributed by atoms with E-state index in [1.54, 1.807) is 19.1 Å². The predicted octanol–water partition coefficient (Wildman–Crippen LogP) is 2.79. The Kier molecular flexibility index (Phi) is 4.24. The van der Waals surface area contributed by atoms with Crippen LogP contribution in [0, 0.1) is 11.6 Å². The highest BCUT2D eigenvalue weighted by Crippen LogP contribution is 2.23. The van der Waals surface area contributed by atoms with Crippen LogP contribution in [0.1, 0.15) is 18.5 Å². The Morgan fingerprint density at radius 2 is 1.86 bits per heavy atom. The number of benzene rings is 2. The highest BCUT2D eigenvalue weighted by molar-refractivity contribution is 7.89. The lowest BCUT2D eigenvalue weighted by Gasteiger charge is -2.17. The number of rotatable bonds is 4. The van der Waals surface area contributed by atoms with Gasteiger partial charge in [-0.15, -0.1) is 0 Å². The van der Waals surface area contributed by atoms with Crippen molar-refractivity contribution in [3.8, 4) is 0 Å². The van der Waals surface area contributed by atoms with Gasteiger partial charge in [-0.05, 0) is 36.8 Å². The Hall–Kier alpha value is -1.99. The predicted molar refractivity (Wildman–Crippen MR) is 76.2 cm³/mol. The Bertz CT molecular complexity index is 763. The molecule has 2 aromatic carbocycles. The van der Waals surface area contributed by atoms with Gasteiger partial charge in [0.2, 0.25) is 10.0 Å². The van der Waals surface area contributed by atoms with Crippen LogP contribution in [0.4, 0.5) is 14.5 Å². The molecule has 0 aliphatic carbocycles. The van der Waals surface area contributed by atoms with Crippen LogP contribution in [0.15, 0.2) is 47.4 Å². The third kappa shape index (κ3) is 3.77. The maximum atomic E-state index is 13.6. The van der Waals surface area contributed by atoms with Gasteiger partial charge in [-0.25, -0.2) is 22.3 Å². The number of hydrogen-bond acceptors (Lipinski definition) is 3. The molecule has 0 aliphatic heterocycles. The molecule has 0 bridgehead atoms. The SMILES string of the molecule is CC(Nc1ccc(F)cc1F)c1cccc(S(N)(=O)=O)c1. The average molecular weight is 312 g/mol. The first-order valence-corrected chi connectivity index (χ1v) is 7.66. The monoisotopic (exact) mass is 312 g/mol. The summed E-state index contributed by atoms with van der Waals surface area (Å²) in [5.41, 5.74) is 0.746. The highest BCUT2D eigenvalue weighted by atomic mass is 32.2. The van der Waals surface area contributed by atoms with Crippen molar-refractivity contribution >= 4 is 15.7 Å². The molecule has 1 atom stereocenters. The topological polar surface area (TPSA) is 72.2 Å². The normalized spacial score (nSPS) is 13.0. The lowest BCUT2D eigenvalue weighted by molar-refractivity contribution is 0.583. The van der Waals surface area contributed by atoms with E-state index < -0.39 is 21.7 Å². The van der Waals surface area contributed by atoms with Crippen LogP contribution in [0.25, 0.3) is 0 Å². The number of halogens is 2. The van der Waals surface area contributed by atoms with E-state index in [9.17, 15) is 17.2 Å². The summed E-state index contributed by atoms with van der Waals surface area (Å²) in [6.07, 6.45) is 0. The molecule has 0 saturated heterocycles. The van der Waals surface area contributed by atoms with Crippen molar-refractivity contribution in [2.24, 2.45) is 5.14 Å². The van der Waals surface area contributed by atoms with Crippen molar-refractivity contribution in [1.29, 1.82) is 0 Å². The zero-order valence-corrected chi connectivity index (χ0v) is 12.0. The maximum Gasteiger partial charge on any atom is 0.238 e. The minimum Gasteiger partial charge on any atom is -0.376 e. The van der Waals surface area contributed by atoms with Crippen molar-refractivity contribution in [3.63, 3.8) is 0 Å². The first-order valence-electron chi connectivity index (χ1n) is 6.12. The molecule has 0 aromatic heterocycles. The van der Waals surface area contributed by atoms with E-state index in [2.05, 4.69) is 5.32 Å². The molecule has 0 amide bonds. The van der Waals surface area contributed by atoms with E-state index in [0.717, 1.165) is 12.1 Å². The standard InChI is InChI=1S/C14H14F2N2O2S/c1-9(18-14-6-5-11(15)8-13(14)16)10-3-2-4-12(7-10)21(17,19)20/h2-9,18H,1H3,(H2,17,19,20). The van der Waals surface area contributed by atoms with Gasteiger partial charge in [-0.1, -0.05) is 12.1 Å². The summed E-state index contributed by atoms with van der Waals surface area (Å²) in [5, 5.41) is 7.92. The van der Waals surface area contributed by atoms with Gasteiger partial charge in [0.05, 0.1) is 10.6 Å². The van der Waals surface area contributed by atoms with Gasteiger partial charge in [0, 0.05) is 12.1 Å². The molecule has 0 saturated carbocycles. The molecule has 112 valence electrons. The average Bonchev–Trinajstić information content (AvgIpc) is 2.41. The number of sulfonamides is 1. The zero-order valence-electron chi connectivity index (χ0n) is 11.2. The van der Waals surface area contributed by atoms with Gasteiger partial charge in [-0.2, -0.15) is 0 Å². The van der Waals surface area contributed by atoms with E-state index in [0.29, 0.717) is 5.56 Å². The third-order valence-electron chi connectivity index (χ3n) is 2.99. The molecule has 2 aromatic rings. The summed E-state index contributed by atoms with van der Waals surface area (Å²) in [4.78, 5) is -0.0202. The molecule has 1 unspecified atom stereocenters. The van der Waals surface area contributed by atoms with Crippen LogP contribution in [0.5, 0.6) is 0 Å². The van der Waals surface area contributed by atoms with Crippen molar-refractivity contribution in [1.82, 2.24) is 0 Å². The summed E-state index contributed by atoms with van der Waals surface area (Å²) >= 11 is 0. The first kappa shape index (κ1) is 15.4. The van der Waals surface area contributed by atoms with Gasteiger partial charge in [0.25, 0.3) is 0 Å². The molecular weight excluding hydrogens is 298 g/mol. The van der Waals surface area contributed by atoms with Crippen molar-refractivity contribution in [2.75, 3.05) is 5.32 Å². The Balaban J connectivity index is 2.26. The number of nitrogens with one attached hydrogen (secondary N) is 1. The summed E-state index contributed by atoms with van der Waals surface area (Å²) in [6, 6.07) is 8.84. The third-order valence-corrected chi connectivity index (χ3v) is 3.90. The number of primary sulfonamides is 1. The molecule has 0 fully saturated rings. The van der Waals surface area contributed by atoms with Gasteiger partial charge in [-0.3, -0.25) is 0 Å². The minimum atomic E-state index is -3.80. The van der Waals surface area contributed by atoms with E-state index in [-0.39, 0.29) is 16.6 Å². The minimum absolute atomic E-state index is 0.0202. The van der Waals surface area contributed by atoms with Gasteiger partial charge >= 0.3 is 0 Å². The number of hydrogen-bond donors (Lipinski definition) is 2. The van der Waals surface area contributed by atoms with Crippen LogP contribution in [0.3, 0.4) is 0 Å². The molecule has 0 radical (unpaired) electrons. The molecule has 3 N–H and O–H groups in total. The Morgan fingerprint density at radius 3 is 2.48 bits per heavy atom. The van der Waals surface area contributed by atoms with Gasteiger partial charge < -0.3 is 5.32 Å². The van der Waals surface area contributed by atoms with Crippen molar-refractivity contribution < 1.29 is 17.2 Å². The smallest absolute Gasteiger partial charge is 0.238 e. The quantitative estimate of drug-likeness (QED) is 0.912. The molecule has 4 nitrogen and oxygen atoms in total.